The second-order valence-corrected chi connectivity index (χ2v) is 2.38. The number of oxazole rings is 1. The van der Waals surface area contributed by atoms with E-state index in [0.717, 1.165) is 0 Å². The molecular weight excluding hydrogens is 182 g/mol. The van der Waals surface area contributed by atoms with Gasteiger partial charge in [-0.1, -0.05) is 0 Å². The summed E-state index contributed by atoms with van der Waals surface area (Å²) in [5, 5.41) is 1.97. The molecule has 72 valence electrons. The lowest BCUT2D eigenvalue weighted by molar-refractivity contribution is -0.132. The number of hydrogen-bond acceptors (Lipinski definition) is 3. The molecule has 1 heterocycles. The SMILES string of the molecule is Cc1cnc(CNC(=O)C(F)F)o1. The fraction of sp³-hybridized carbons (Fsp3) is 0.429. The van der Waals surface area contributed by atoms with Crippen molar-refractivity contribution < 1.29 is 18.0 Å². The molecule has 1 N–H and O–H groups in total. The molecule has 0 fully saturated rings. The van der Waals surface area contributed by atoms with Gasteiger partial charge >= 0.3 is 6.43 Å². The summed E-state index contributed by atoms with van der Waals surface area (Å²) < 4.78 is 28.3. The van der Waals surface area contributed by atoms with E-state index in [1.165, 1.54) is 6.20 Å². The lowest BCUT2D eigenvalue weighted by atomic mass is 10.5. The number of aromatic nitrogens is 1. The van der Waals surface area contributed by atoms with Crippen molar-refractivity contribution in [2.24, 2.45) is 0 Å². The molecule has 0 bridgehead atoms. The monoisotopic (exact) mass is 190 g/mol. The Balaban J connectivity index is 2.39. The molecule has 0 aliphatic heterocycles. The van der Waals surface area contributed by atoms with Crippen molar-refractivity contribution >= 4 is 5.91 Å². The molecule has 6 heteroatoms. The molecule has 0 aromatic carbocycles. The third-order valence-corrected chi connectivity index (χ3v) is 1.28. The molecule has 0 radical (unpaired) electrons. The summed E-state index contributed by atoms with van der Waals surface area (Å²) in [6, 6.07) is 0. The first-order chi connectivity index (χ1) is 6.09. The second-order valence-electron chi connectivity index (χ2n) is 2.38. The highest BCUT2D eigenvalue weighted by atomic mass is 19.3. The summed E-state index contributed by atoms with van der Waals surface area (Å²) >= 11 is 0. The first kappa shape index (κ1) is 9.63. The zero-order chi connectivity index (χ0) is 9.84. The van der Waals surface area contributed by atoms with E-state index in [1.54, 1.807) is 6.92 Å². The molecule has 0 spiro atoms. The molecule has 1 aromatic heterocycles. The highest BCUT2D eigenvalue weighted by molar-refractivity contribution is 5.78. The Kier molecular flexibility index (Phi) is 2.94. The molecule has 1 aromatic rings. The Morgan fingerprint density at radius 2 is 2.46 bits per heavy atom. The molecular formula is C7H8F2N2O2. The van der Waals surface area contributed by atoms with Gasteiger partial charge in [-0.15, -0.1) is 0 Å². The van der Waals surface area contributed by atoms with Gasteiger partial charge in [-0.25, -0.2) is 4.98 Å². The number of aryl methyl sites for hydroxylation is 1. The van der Waals surface area contributed by atoms with Gasteiger partial charge in [0.2, 0.25) is 5.89 Å². The van der Waals surface area contributed by atoms with Crippen molar-refractivity contribution in [3.63, 3.8) is 0 Å². The van der Waals surface area contributed by atoms with Crippen LogP contribution in [0.5, 0.6) is 0 Å². The van der Waals surface area contributed by atoms with Crippen molar-refractivity contribution in [3.8, 4) is 0 Å². The van der Waals surface area contributed by atoms with E-state index in [1.807, 2.05) is 5.32 Å². The Hall–Kier alpha value is -1.46. The molecule has 0 atom stereocenters. The van der Waals surface area contributed by atoms with Crippen molar-refractivity contribution in [3.05, 3.63) is 17.8 Å². The van der Waals surface area contributed by atoms with Crippen LogP contribution in [0.1, 0.15) is 11.7 Å². The lowest BCUT2D eigenvalue weighted by Gasteiger charge is -1.99. The predicted molar refractivity (Wildman–Crippen MR) is 39.1 cm³/mol. The molecule has 0 unspecified atom stereocenters. The van der Waals surface area contributed by atoms with E-state index in [2.05, 4.69) is 4.98 Å². The van der Waals surface area contributed by atoms with Crippen LogP contribution in [0, 0.1) is 6.92 Å². The molecule has 0 saturated heterocycles. The van der Waals surface area contributed by atoms with Gasteiger partial charge in [0.1, 0.15) is 5.76 Å². The summed E-state index contributed by atoms with van der Waals surface area (Å²) in [5.74, 6) is -0.538. The van der Waals surface area contributed by atoms with Gasteiger partial charge in [-0.2, -0.15) is 8.78 Å². The average Bonchev–Trinajstić information content (AvgIpc) is 2.47. The van der Waals surface area contributed by atoms with Crippen LogP contribution in [-0.4, -0.2) is 17.3 Å². The summed E-state index contributed by atoms with van der Waals surface area (Å²) in [6.45, 7) is 1.56. The first-order valence-electron chi connectivity index (χ1n) is 3.57. The van der Waals surface area contributed by atoms with Crippen molar-refractivity contribution in [1.82, 2.24) is 10.3 Å². The normalized spacial score (nSPS) is 10.5. The maximum atomic E-state index is 11.7. The summed E-state index contributed by atoms with van der Waals surface area (Å²) in [5.41, 5.74) is 0. The van der Waals surface area contributed by atoms with Crippen molar-refractivity contribution in [1.29, 1.82) is 0 Å². The topological polar surface area (TPSA) is 55.1 Å². The molecule has 13 heavy (non-hydrogen) atoms. The largest absolute Gasteiger partial charge is 0.444 e. The van der Waals surface area contributed by atoms with Gasteiger partial charge in [0.25, 0.3) is 5.91 Å². The first-order valence-corrected chi connectivity index (χ1v) is 3.57. The number of carbonyl (C=O) groups is 1. The average molecular weight is 190 g/mol. The number of rotatable bonds is 3. The minimum absolute atomic E-state index is 0.114. The molecule has 4 nitrogen and oxygen atoms in total. The summed E-state index contributed by atoms with van der Waals surface area (Å²) in [7, 11) is 0. The lowest BCUT2D eigenvalue weighted by Crippen LogP contribution is -2.28. The van der Waals surface area contributed by atoms with Gasteiger partial charge in [-0.05, 0) is 6.92 Å². The van der Waals surface area contributed by atoms with Crippen molar-refractivity contribution in [2.45, 2.75) is 19.9 Å². The quantitative estimate of drug-likeness (QED) is 0.769. The number of halogens is 2. The van der Waals surface area contributed by atoms with Crippen LogP contribution in [0.3, 0.4) is 0 Å². The van der Waals surface area contributed by atoms with Gasteiger partial charge in [0.15, 0.2) is 0 Å². The maximum Gasteiger partial charge on any atom is 0.315 e. The molecule has 0 aliphatic rings. The molecule has 0 aliphatic carbocycles. The second kappa shape index (κ2) is 3.97. The highest BCUT2D eigenvalue weighted by Gasteiger charge is 2.14. The fourth-order valence-corrected chi connectivity index (χ4v) is 0.723. The Labute approximate surface area is 72.9 Å². The van der Waals surface area contributed by atoms with Crippen LogP contribution >= 0.6 is 0 Å². The van der Waals surface area contributed by atoms with E-state index < -0.39 is 12.3 Å². The van der Waals surface area contributed by atoms with Crippen LogP contribution in [0.15, 0.2) is 10.6 Å². The predicted octanol–water partition coefficient (Wildman–Crippen LogP) is 0.864. The summed E-state index contributed by atoms with van der Waals surface area (Å²) in [4.78, 5) is 14.1. The zero-order valence-electron chi connectivity index (χ0n) is 6.88. The minimum Gasteiger partial charge on any atom is -0.444 e. The zero-order valence-corrected chi connectivity index (χ0v) is 6.88. The standard InChI is InChI=1S/C7H8F2N2O2/c1-4-2-10-5(13-4)3-11-7(12)6(8)9/h2,6H,3H2,1H3,(H,11,12). The van der Waals surface area contributed by atoms with Crippen LogP contribution < -0.4 is 5.32 Å². The van der Waals surface area contributed by atoms with Crippen LogP contribution in [0.2, 0.25) is 0 Å². The Morgan fingerprint density at radius 1 is 1.77 bits per heavy atom. The van der Waals surface area contributed by atoms with Gasteiger partial charge in [0, 0.05) is 0 Å². The molecule has 1 amide bonds. The third-order valence-electron chi connectivity index (χ3n) is 1.28. The van der Waals surface area contributed by atoms with E-state index >= 15 is 0 Å². The molecule has 0 saturated carbocycles. The number of nitrogens with zero attached hydrogens (tertiary/aromatic N) is 1. The number of amides is 1. The minimum atomic E-state index is -3.00. The Bertz CT molecular complexity index is 298. The van der Waals surface area contributed by atoms with Crippen LogP contribution in [0.25, 0.3) is 0 Å². The van der Waals surface area contributed by atoms with E-state index in [-0.39, 0.29) is 12.4 Å². The number of carbonyl (C=O) groups excluding carboxylic acids is 1. The third kappa shape index (κ3) is 2.81. The number of alkyl halides is 2. The van der Waals surface area contributed by atoms with Crippen LogP contribution in [0.4, 0.5) is 8.78 Å². The van der Waals surface area contributed by atoms with E-state index in [4.69, 9.17) is 4.42 Å². The van der Waals surface area contributed by atoms with Gasteiger partial charge < -0.3 is 9.73 Å². The molecule has 1 rings (SSSR count). The highest BCUT2D eigenvalue weighted by Crippen LogP contribution is 2.01. The number of hydrogen-bond donors (Lipinski definition) is 1. The Morgan fingerprint density at radius 3 is 2.92 bits per heavy atom. The summed E-state index contributed by atoms with van der Waals surface area (Å²) in [6.07, 6.45) is -1.56. The fourth-order valence-electron chi connectivity index (χ4n) is 0.723. The van der Waals surface area contributed by atoms with Gasteiger partial charge in [-0.3, -0.25) is 4.79 Å². The van der Waals surface area contributed by atoms with Gasteiger partial charge in [0.05, 0.1) is 12.7 Å². The smallest absolute Gasteiger partial charge is 0.315 e. The number of nitrogens with one attached hydrogen (secondary N) is 1. The van der Waals surface area contributed by atoms with Crippen LogP contribution in [-0.2, 0) is 11.3 Å². The maximum absolute atomic E-state index is 11.7. The van der Waals surface area contributed by atoms with E-state index in [9.17, 15) is 13.6 Å². The van der Waals surface area contributed by atoms with Crippen molar-refractivity contribution in [2.75, 3.05) is 0 Å². The van der Waals surface area contributed by atoms with E-state index in [0.29, 0.717) is 5.76 Å².